The van der Waals surface area contributed by atoms with Crippen LogP contribution in [-0.2, 0) is 9.59 Å². The highest BCUT2D eigenvalue weighted by molar-refractivity contribution is 5.81. The quantitative estimate of drug-likeness (QED) is 0.803. The van der Waals surface area contributed by atoms with Gasteiger partial charge in [0.25, 0.3) is 0 Å². The fourth-order valence-electron chi connectivity index (χ4n) is 3.43. The van der Waals surface area contributed by atoms with Crippen molar-refractivity contribution in [3.63, 3.8) is 0 Å². The molecule has 2 amide bonds. The van der Waals surface area contributed by atoms with Gasteiger partial charge in [-0.2, -0.15) is 0 Å². The van der Waals surface area contributed by atoms with Gasteiger partial charge in [-0.1, -0.05) is 12.8 Å². The van der Waals surface area contributed by atoms with Gasteiger partial charge in [-0.05, 0) is 39.7 Å². The minimum Gasteiger partial charge on any atom is -0.353 e. The number of amides is 2. The van der Waals surface area contributed by atoms with Gasteiger partial charge >= 0.3 is 0 Å². The van der Waals surface area contributed by atoms with Crippen LogP contribution in [0.25, 0.3) is 0 Å². The summed E-state index contributed by atoms with van der Waals surface area (Å²) in [4.78, 5) is 26.3. The fourth-order valence-corrected chi connectivity index (χ4v) is 3.43. The third-order valence-corrected chi connectivity index (χ3v) is 4.78. The van der Waals surface area contributed by atoms with Crippen LogP contribution in [0.3, 0.4) is 0 Å². The molecular weight excluding hydrogens is 266 g/mol. The highest BCUT2D eigenvalue weighted by Gasteiger charge is 2.26. The second-order valence-corrected chi connectivity index (χ2v) is 6.56. The van der Waals surface area contributed by atoms with Crippen molar-refractivity contribution in [1.82, 2.24) is 15.5 Å². The maximum absolute atomic E-state index is 12.3. The van der Waals surface area contributed by atoms with Crippen molar-refractivity contribution in [3.8, 4) is 0 Å². The highest BCUT2D eigenvalue weighted by Crippen LogP contribution is 2.24. The molecule has 120 valence electrons. The van der Waals surface area contributed by atoms with Crippen LogP contribution in [0.5, 0.6) is 0 Å². The van der Waals surface area contributed by atoms with Crippen LogP contribution < -0.4 is 10.6 Å². The topological polar surface area (TPSA) is 61.4 Å². The molecule has 0 aromatic heterocycles. The van der Waals surface area contributed by atoms with Crippen LogP contribution in [-0.4, -0.2) is 48.9 Å². The second kappa shape index (κ2) is 7.78. The minimum atomic E-state index is -0.0689. The molecule has 0 radical (unpaired) electrons. The summed E-state index contributed by atoms with van der Waals surface area (Å²) in [5, 5.41) is 6.26. The molecule has 1 saturated heterocycles. The Labute approximate surface area is 127 Å². The van der Waals surface area contributed by atoms with E-state index in [-0.39, 0.29) is 23.8 Å². The number of rotatable bonds is 5. The molecule has 5 heteroatoms. The first kappa shape index (κ1) is 16.3. The van der Waals surface area contributed by atoms with Crippen molar-refractivity contribution < 1.29 is 9.59 Å². The molecular formula is C16H29N3O2. The van der Waals surface area contributed by atoms with Gasteiger partial charge in [-0.25, -0.2) is 0 Å². The van der Waals surface area contributed by atoms with Crippen molar-refractivity contribution in [2.75, 3.05) is 20.1 Å². The average Bonchev–Trinajstić information content (AvgIpc) is 3.01. The Morgan fingerprint density at radius 1 is 1.19 bits per heavy atom. The molecule has 0 aromatic rings. The minimum absolute atomic E-state index is 0.0689. The predicted octanol–water partition coefficient (Wildman–Crippen LogP) is 1.28. The monoisotopic (exact) mass is 295 g/mol. The zero-order valence-corrected chi connectivity index (χ0v) is 13.4. The molecule has 2 unspecified atom stereocenters. The predicted molar refractivity (Wildman–Crippen MR) is 82.8 cm³/mol. The van der Waals surface area contributed by atoms with E-state index in [9.17, 15) is 9.59 Å². The molecule has 0 aromatic carbocycles. The largest absolute Gasteiger partial charge is 0.353 e. The molecule has 0 bridgehead atoms. The number of likely N-dealkylation sites (N-methyl/N-ethyl adjacent to an activating group) is 1. The van der Waals surface area contributed by atoms with Crippen molar-refractivity contribution in [1.29, 1.82) is 0 Å². The lowest BCUT2D eigenvalue weighted by Crippen LogP contribution is -2.48. The lowest BCUT2D eigenvalue weighted by atomic mass is 10.0. The van der Waals surface area contributed by atoms with Crippen molar-refractivity contribution in [2.24, 2.45) is 5.92 Å². The number of carbonyl (C=O) groups excluding carboxylic acids is 2. The fraction of sp³-hybridized carbons (Fsp3) is 0.875. The summed E-state index contributed by atoms with van der Waals surface area (Å²) in [6.07, 6.45) is 6.92. The molecule has 2 atom stereocenters. The third kappa shape index (κ3) is 4.70. The molecule has 21 heavy (non-hydrogen) atoms. The molecule has 2 N–H and O–H groups in total. The van der Waals surface area contributed by atoms with E-state index in [1.807, 2.05) is 18.9 Å². The molecule has 2 aliphatic rings. The Kier molecular flexibility index (Phi) is 6.03. The van der Waals surface area contributed by atoms with Gasteiger partial charge in [0.1, 0.15) is 0 Å². The molecule has 1 aliphatic carbocycles. The van der Waals surface area contributed by atoms with Gasteiger partial charge in [0.2, 0.25) is 11.8 Å². The standard InChI is InChI=1S/C16H29N3O2/c1-12(18-16(21)13-6-3-4-7-13)10-15(20)19-9-5-8-14(11-19)17-2/h12-14,17H,3-11H2,1-2H3,(H,18,21). The highest BCUT2D eigenvalue weighted by atomic mass is 16.2. The number of hydrogen-bond acceptors (Lipinski definition) is 3. The number of carbonyl (C=O) groups is 2. The zero-order valence-electron chi connectivity index (χ0n) is 13.4. The Morgan fingerprint density at radius 3 is 2.57 bits per heavy atom. The van der Waals surface area contributed by atoms with Crippen LogP contribution in [0, 0.1) is 5.92 Å². The summed E-state index contributed by atoms with van der Waals surface area (Å²) >= 11 is 0. The molecule has 5 nitrogen and oxygen atoms in total. The van der Waals surface area contributed by atoms with Crippen LogP contribution in [0.2, 0.25) is 0 Å². The SMILES string of the molecule is CNC1CCCN(C(=O)CC(C)NC(=O)C2CCCC2)C1. The van der Waals surface area contributed by atoms with Crippen LogP contribution in [0.1, 0.15) is 51.9 Å². The lowest BCUT2D eigenvalue weighted by Gasteiger charge is -2.33. The van der Waals surface area contributed by atoms with E-state index in [1.165, 1.54) is 0 Å². The number of piperidine rings is 1. The zero-order chi connectivity index (χ0) is 15.2. The van der Waals surface area contributed by atoms with Gasteiger partial charge in [0.05, 0.1) is 0 Å². The van der Waals surface area contributed by atoms with Crippen LogP contribution >= 0.6 is 0 Å². The normalized spacial score (nSPS) is 24.9. The Morgan fingerprint density at radius 2 is 1.90 bits per heavy atom. The maximum atomic E-state index is 12.3. The molecule has 1 heterocycles. The Bertz CT molecular complexity index is 367. The van der Waals surface area contributed by atoms with E-state index in [0.29, 0.717) is 12.5 Å². The van der Waals surface area contributed by atoms with E-state index in [2.05, 4.69) is 10.6 Å². The molecule has 0 spiro atoms. The third-order valence-electron chi connectivity index (χ3n) is 4.78. The van der Waals surface area contributed by atoms with E-state index >= 15 is 0 Å². The van der Waals surface area contributed by atoms with Gasteiger partial charge in [-0.3, -0.25) is 9.59 Å². The number of hydrogen-bond donors (Lipinski definition) is 2. The summed E-state index contributed by atoms with van der Waals surface area (Å²) in [5.74, 6) is 0.472. The van der Waals surface area contributed by atoms with Gasteiger partial charge < -0.3 is 15.5 Å². The first-order chi connectivity index (χ1) is 10.1. The molecule has 2 rings (SSSR count). The first-order valence-electron chi connectivity index (χ1n) is 8.35. The number of nitrogens with zero attached hydrogens (tertiary/aromatic N) is 1. The van der Waals surface area contributed by atoms with Crippen LogP contribution in [0.4, 0.5) is 0 Å². The average molecular weight is 295 g/mol. The molecule has 2 fully saturated rings. The summed E-state index contributed by atoms with van der Waals surface area (Å²) in [5.41, 5.74) is 0. The summed E-state index contributed by atoms with van der Waals surface area (Å²) in [7, 11) is 1.95. The van der Waals surface area contributed by atoms with Crippen molar-refractivity contribution in [3.05, 3.63) is 0 Å². The Hall–Kier alpha value is -1.10. The summed E-state index contributed by atoms with van der Waals surface area (Å²) in [6.45, 7) is 3.57. The molecule has 1 saturated carbocycles. The van der Waals surface area contributed by atoms with Gasteiger partial charge in [0, 0.05) is 37.5 Å². The molecule has 1 aliphatic heterocycles. The van der Waals surface area contributed by atoms with E-state index in [4.69, 9.17) is 0 Å². The van der Waals surface area contributed by atoms with Crippen LogP contribution in [0.15, 0.2) is 0 Å². The smallest absolute Gasteiger partial charge is 0.224 e. The Balaban J connectivity index is 1.74. The maximum Gasteiger partial charge on any atom is 0.224 e. The van der Waals surface area contributed by atoms with Gasteiger partial charge in [0.15, 0.2) is 0 Å². The van der Waals surface area contributed by atoms with Gasteiger partial charge in [-0.15, -0.1) is 0 Å². The summed E-state index contributed by atoms with van der Waals surface area (Å²) in [6, 6.07) is 0.339. The number of nitrogens with one attached hydrogen (secondary N) is 2. The van der Waals surface area contributed by atoms with Crippen molar-refractivity contribution in [2.45, 2.75) is 64.0 Å². The lowest BCUT2D eigenvalue weighted by molar-refractivity contribution is -0.133. The number of likely N-dealkylation sites (tertiary alicyclic amines) is 1. The summed E-state index contributed by atoms with van der Waals surface area (Å²) < 4.78 is 0. The first-order valence-corrected chi connectivity index (χ1v) is 8.35. The second-order valence-electron chi connectivity index (χ2n) is 6.56. The van der Waals surface area contributed by atoms with E-state index in [1.54, 1.807) is 0 Å². The van der Waals surface area contributed by atoms with Crippen molar-refractivity contribution >= 4 is 11.8 Å². The van der Waals surface area contributed by atoms with E-state index < -0.39 is 0 Å². The van der Waals surface area contributed by atoms with E-state index in [0.717, 1.165) is 51.6 Å².